The van der Waals surface area contributed by atoms with Crippen molar-refractivity contribution in [3.8, 4) is 5.75 Å². The lowest BCUT2D eigenvalue weighted by atomic mass is 10.1. The van der Waals surface area contributed by atoms with E-state index >= 15 is 0 Å². The molecule has 1 aromatic rings. The summed E-state index contributed by atoms with van der Waals surface area (Å²) in [5, 5.41) is 20.2. The largest absolute Gasteiger partial charge is 0.491 e. The minimum absolute atomic E-state index is 0.0166. The third kappa shape index (κ3) is 2.74. The quantitative estimate of drug-likeness (QED) is 0.432. The second-order valence-electron chi connectivity index (χ2n) is 2.79. The molecule has 1 rings (SSSR count). The van der Waals surface area contributed by atoms with Gasteiger partial charge in [0.05, 0.1) is 12.3 Å². The summed E-state index contributed by atoms with van der Waals surface area (Å²) in [6, 6.07) is 7.16. The van der Waals surface area contributed by atoms with Gasteiger partial charge in [0.15, 0.2) is 0 Å². The van der Waals surface area contributed by atoms with Crippen molar-refractivity contribution in [1.29, 1.82) is 0 Å². The van der Waals surface area contributed by atoms with Crippen LogP contribution in [0.4, 0.5) is 0 Å². The number of hydrogen-bond acceptors (Lipinski definition) is 4. The third-order valence-corrected chi connectivity index (χ3v) is 1.76. The van der Waals surface area contributed by atoms with Crippen LogP contribution in [0.1, 0.15) is 12.5 Å². The molecule has 0 radical (unpaired) electrons. The van der Waals surface area contributed by atoms with E-state index in [-0.39, 0.29) is 13.2 Å². The van der Waals surface area contributed by atoms with Crippen LogP contribution in [0.2, 0.25) is 0 Å². The highest BCUT2D eigenvalue weighted by atomic mass is 16.5. The zero-order chi connectivity index (χ0) is 10.4. The van der Waals surface area contributed by atoms with E-state index in [2.05, 4.69) is 5.16 Å². The topological polar surface area (TPSA) is 62.1 Å². The predicted octanol–water partition coefficient (Wildman–Crippen LogP) is 1.26. The summed E-state index contributed by atoms with van der Waals surface area (Å²) in [5.41, 5.74) is 1.32. The zero-order valence-corrected chi connectivity index (χ0v) is 7.97. The van der Waals surface area contributed by atoms with Gasteiger partial charge in [-0.2, -0.15) is 0 Å². The van der Waals surface area contributed by atoms with Gasteiger partial charge in [0.1, 0.15) is 12.4 Å². The molecule has 76 valence electrons. The molecule has 0 fully saturated rings. The zero-order valence-electron chi connectivity index (χ0n) is 7.97. The smallest absolute Gasteiger partial charge is 0.120 e. The van der Waals surface area contributed by atoms with Crippen molar-refractivity contribution in [2.75, 3.05) is 13.2 Å². The molecule has 0 saturated carbocycles. The fourth-order valence-corrected chi connectivity index (χ4v) is 1.03. The Kier molecular flexibility index (Phi) is 3.94. The molecule has 2 N–H and O–H groups in total. The number of rotatable bonds is 4. The van der Waals surface area contributed by atoms with Gasteiger partial charge in [-0.1, -0.05) is 17.3 Å². The Morgan fingerprint density at radius 1 is 1.50 bits per heavy atom. The second-order valence-corrected chi connectivity index (χ2v) is 2.79. The average molecular weight is 195 g/mol. The maximum atomic E-state index is 8.56. The van der Waals surface area contributed by atoms with Crippen molar-refractivity contribution in [3.05, 3.63) is 29.8 Å². The highest BCUT2D eigenvalue weighted by Gasteiger charge is 1.99. The van der Waals surface area contributed by atoms with Crippen LogP contribution in [0.25, 0.3) is 0 Å². The predicted molar refractivity (Wildman–Crippen MR) is 53.0 cm³/mol. The first-order chi connectivity index (χ1) is 6.77. The summed E-state index contributed by atoms with van der Waals surface area (Å²) >= 11 is 0. The summed E-state index contributed by atoms with van der Waals surface area (Å²) < 4.78 is 5.20. The van der Waals surface area contributed by atoms with Gasteiger partial charge in [0.2, 0.25) is 0 Å². The Labute approximate surface area is 82.4 Å². The lowest BCUT2D eigenvalue weighted by Crippen LogP contribution is -2.02. The number of benzene rings is 1. The van der Waals surface area contributed by atoms with Gasteiger partial charge in [-0.25, -0.2) is 0 Å². The Morgan fingerprint density at radius 2 is 2.29 bits per heavy atom. The van der Waals surface area contributed by atoms with Crippen molar-refractivity contribution in [2.45, 2.75) is 6.92 Å². The molecular formula is C10H13NO3. The van der Waals surface area contributed by atoms with Gasteiger partial charge in [0.25, 0.3) is 0 Å². The van der Waals surface area contributed by atoms with Crippen LogP contribution in [-0.4, -0.2) is 29.2 Å². The van der Waals surface area contributed by atoms with Crippen molar-refractivity contribution in [2.24, 2.45) is 5.16 Å². The number of ether oxygens (including phenoxy) is 1. The van der Waals surface area contributed by atoms with E-state index in [0.717, 1.165) is 5.56 Å². The molecule has 0 aliphatic rings. The monoisotopic (exact) mass is 195 g/mol. The van der Waals surface area contributed by atoms with E-state index in [9.17, 15) is 0 Å². The van der Waals surface area contributed by atoms with Gasteiger partial charge in [-0.15, -0.1) is 0 Å². The lowest BCUT2D eigenvalue weighted by molar-refractivity contribution is 0.201. The number of nitrogens with zero attached hydrogens (tertiary/aromatic N) is 1. The molecule has 0 aromatic heterocycles. The lowest BCUT2D eigenvalue weighted by Gasteiger charge is -2.05. The molecule has 4 nitrogen and oxygen atoms in total. The molecule has 0 heterocycles. The Bertz CT molecular complexity index is 323. The fraction of sp³-hybridized carbons (Fsp3) is 0.300. The molecule has 1 aromatic carbocycles. The molecule has 0 bridgehead atoms. The van der Waals surface area contributed by atoms with Crippen LogP contribution in [0.15, 0.2) is 29.4 Å². The molecule has 0 spiro atoms. The molecule has 0 atom stereocenters. The Hall–Kier alpha value is -1.55. The fourth-order valence-electron chi connectivity index (χ4n) is 1.03. The van der Waals surface area contributed by atoms with E-state index in [0.29, 0.717) is 11.5 Å². The second kappa shape index (κ2) is 5.24. The highest BCUT2D eigenvalue weighted by Crippen LogP contribution is 2.13. The SMILES string of the molecule is C/C(=N\O)c1cccc(OCCO)c1. The first kappa shape index (κ1) is 10.5. The normalized spacial score (nSPS) is 11.4. The summed E-state index contributed by atoms with van der Waals surface area (Å²) in [6.45, 7) is 1.95. The first-order valence-corrected chi connectivity index (χ1v) is 4.30. The van der Waals surface area contributed by atoms with Crippen LogP contribution >= 0.6 is 0 Å². The standard InChI is InChI=1S/C10H13NO3/c1-8(11-13)9-3-2-4-10(7-9)14-6-5-12/h2-4,7,12-13H,5-6H2,1H3/b11-8+. The molecule has 0 aliphatic heterocycles. The van der Waals surface area contributed by atoms with Crippen LogP contribution < -0.4 is 4.74 Å². The van der Waals surface area contributed by atoms with Gasteiger partial charge in [-0.05, 0) is 19.1 Å². The summed E-state index contributed by atoms with van der Waals surface area (Å²) in [4.78, 5) is 0. The maximum Gasteiger partial charge on any atom is 0.120 e. The van der Waals surface area contributed by atoms with Crippen molar-refractivity contribution >= 4 is 5.71 Å². The van der Waals surface area contributed by atoms with Gasteiger partial charge < -0.3 is 15.1 Å². The van der Waals surface area contributed by atoms with E-state index in [1.165, 1.54) is 0 Å². The van der Waals surface area contributed by atoms with Crippen molar-refractivity contribution < 1.29 is 15.1 Å². The van der Waals surface area contributed by atoms with E-state index < -0.39 is 0 Å². The summed E-state index contributed by atoms with van der Waals surface area (Å²) in [7, 11) is 0. The van der Waals surface area contributed by atoms with Gasteiger partial charge in [0, 0.05) is 5.56 Å². The number of hydrogen-bond donors (Lipinski definition) is 2. The van der Waals surface area contributed by atoms with Crippen LogP contribution in [0.5, 0.6) is 5.75 Å². The number of aliphatic hydroxyl groups is 1. The molecule has 0 saturated heterocycles. The highest BCUT2D eigenvalue weighted by molar-refractivity contribution is 5.98. The van der Waals surface area contributed by atoms with E-state index in [4.69, 9.17) is 15.1 Å². The first-order valence-electron chi connectivity index (χ1n) is 4.30. The Morgan fingerprint density at radius 3 is 2.93 bits per heavy atom. The van der Waals surface area contributed by atoms with Crippen molar-refractivity contribution in [3.63, 3.8) is 0 Å². The summed E-state index contributed by atoms with van der Waals surface area (Å²) in [5.74, 6) is 0.652. The third-order valence-electron chi connectivity index (χ3n) is 1.76. The number of oxime groups is 1. The minimum atomic E-state index is -0.0166. The van der Waals surface area contributed by atoms with Crippen LogP contribution in [-0.2, 0) is 0 Å². The van der Waals surface area contributed by atoms with E-state index in [1.807, 2.05) is 6.07 Å². The van der Waals surface area contributed by atoms with Crippen LogP contribution in [0.3, 0.4) is 0 Å². The summed E-state index contributed by atoms with van der Waals surface area (Å²) in [6.07, 6.45) is 0. The average Bonchev–Trinajstić information content (AvgIpc) is 2.25. The maximum absolute atomic E-state index is 8.56. The van der Waals surface area contributed by atoms with Crippen LogP contribution in [0, 0.1) is 0 Å². The number of aliphatic hydroxyl groups excluding tert-OH is 1. The Balaban J connectivity index is 2.79. The minimum Gasteiger partial charge on any atom is -0.491 e. The molecule has 14 heavy (non-hydrogen) atoms. The van der Waals surface area contributed by atoms with Crippen molar-refractivity contribution in [1.82, 2.24) is 0 Å². The molecule has 0 unspecified atom stereocenters. The molecule has 0 amide bonds. The molecule has 4 heteroatoms. The van der Waals surface area contributed by atoms with Gasteiger partial charge in [-0.3, -0.25) is 0 Å². The van der Waals surface area contributed by atoms with E-state index in [1.54, 1.807) is 25.1 Å². The van der Waals surface area contributed by atoms with Gasteiger partial charge >= 0.3 is 0 Å². The molecule has 0 aliphatic carbocycles. The molecular weight excluding hydrogens is 182 g/mol.